The van der Waals surface area contributed by atoms with Crippen LogP contribution in [0.5, 0.6) is 0 Å². The maximum atomic E-state index is 13.1. The zero-order valence-electron chi connectivity index (χ0n) is 14.6. The van der Waals surface area contributed by atoms with E-state index in [1.54, 1.807) is 60.7 Å². The van der Waals surface area contributed by atoms with Gasteiger partial charge in [-0.3, -0.25) is 4.79 Å². The van der Waals surface area contributed by atoms with Gasteiger partial charge < -0.3 is 0 Å². The molecule has 3 aromatic rings. The third-order valence-corrected chi connectivity index (χ3v) is 3.92. The van der Waals surface area contributed by atoms with Gasteiger partial charge in [-0.25, -0.2) is 0 Å². The molecule has 0 spiro atoms. The van der Waals surface area contributed by atoms with Crippen LogP contribution in [0.2, 0.25) is 0 Å². The van der Waals surface area contributed by atoms with Crippen molar-refractivity contribution in [3.05, 3.63) is 107 Å². The van der Waals surface area contributed by atoms with E-state index < -0.39 is 11.7 Å². The summed E-state index contributed by atoms with van der Waals surface area (Å²) in [5.74, 6) is -0.368. The second kappa shape index (κ2) is 8.43. The second-order valence-corrected chi connectivity index (χ2v) is 5.84. The molecule has 6 heteroatoms. The highest BCUT2D eigenvalue weighted by Crippen LogP contribution is 2.31. The Balaban J connectivity index is 1.99. The van der Waals surface area contributed by atoms with Gasteiger partial charge >= 0.3 is 6.18 Å². The molecule has 0 aliphatic carbocycles. The quantitative estimate of drug-likeness (QED) is 0.331. The summed E-state index contributed by atoms with van der Waals surface area (Å²) in [6, 6.07) is 22.2. The first-order valence-electron chi connectivity index (χ1n) is 8.39. The minimum absolute atomic E-state index is 0.0486. The molecule has 0 atom stereocenters. The average Bonchev–Trinajstić information content (AvgIpc) is 2.72. The molecule has 3 aromatic carbocycles. The number of carbonyl (C=O) groups excluding carboxylic acids is 1. The number of rotatable bonds is 5. The lowest BCUT2D eigenvalue weighted by Gasteiger charge is -2.09. The summed E-state index contributed by atoms with van der Waals surface area (Å²) in [6.45, 7) is 0. The smallest absolute Gasteiger partial charge is 0.287 e. The monoisotopic (exact) mass is 380 g/mol. The molecular formula is C22H15F3N2O. The highest BCUT2D eigenvalue weighted by atomic mass is 19.4. The first-order chi connectivity index (χ1) is 13.5. The summed E-state index contributed by atoms with van der Waals surface area (Å²) < 4.78 is 39.3. The second-order valence-electron chi connectivity index (χ2n) is 5.84. The maximum Gasteiger partial charge on any atom is 0.417 e. The Kier molecular flexibility index (Phi) is 5.79. The minimum Gasteiger partial charge on any atom is -0.287 e. The summed E-state index contributed by atoms with van der Waals surface area (Å²) >= 11 is 0. The summed E-state index contributed by atoms with van der Waals surface area (Å²) in [5, 5.41) is 7.74. The van der Waals surface area contributed by atoms with E-state index in [0.717, 1.165) is 12.3 Å². The molecule has 140 valence electrons. The molecule has 28 heavy (non-hydrogen) atoms. The van der Waals surface area contributed by atoms with Gasteiger partial charge in [0.15, 0.2) is 0 Å². The van der Waals surface area contributed by atoms with Gasteiger partial charge in [0.2, 0.25) is 5.78 Å². The molecule has 3 nitrogen and oxygen atoms in total. The van der Waals surface area contributed by atoms with E-state index in [9.17, 15) is 18.0 Å². The molecular weight excluding hydrogens is 365 g/mol. The molecule has 0 N–H and O–H groups in total. The maximum absolute atomic E-state index is 13.1. The molecule has 0 radical (unpaired) electrons. The first-order valence-corrected chi connectivity index (χ1v) is 8.39. The summed E-state index contributed by atoms with van der Waals surface area (Å²) in [6.07, 6.45) is -3.50. The summed E-state index contributed by atoms with van der Waals surface area (Å²) in [7, 11) is 0. The topological polar surface area (TPSA) is 41.8 Å². The van der Waals surface area contributed by atoms with Crippen LogP contribution in [-0.4, -0.2) is 17.7 Å². The van der Waals surface area contributed by atoms with E-state index in [-0.39, 0.29) is 17.1 Å². The van der Waals surface area contributed by atoms with Crippen LogP contribution < -0.4 is 0 Å². The van der Waals surface area contributed by atoms with Gasteiger partial charge in [-0.15, -0.1) is 5.10 Å². The van der Waals surface area contributed by atoms with Gasteiger partial charge in [0.1, 0.15) is 5.71 Å². The molecule has 3 rings (SSSR count). The molecule has 0 fully saturated rings. The highest BCUT2D eigenvalue weighted by molar-refractivity contribution is 6.51. The molecule has 0 amide bonds. The van der Waals surface area contributed by atoms with Crippen LogP contribution in [0.15, 0.2) is 95.1 Å². The van der Waals surface area contributed by atoms with Gasteiger partial charge in [0, 0.05) is 16.7 Å². The lowest BCUT2D eigenvalue weighted by atomic mass is 10.0. The van der Waals surface area contributed by atoms with Crippen LogP contribution in [0.3, 0.4) is 0 Å². The number of Topliss-reactive ketones (excluding diaryl/α,β-unsaturated/α-hetero) is 1. The Labute approximate surface area is 159 Å². The van der Waals surface area contributed by atoms with E-state index in [2.05, 4.69) is 10.2 Å². The van der Waals surface area contributed by atoms with Gasteiger partial charge in [-0.2, -0.15) is 18.3 Å². The molecule has 0 aromatic heterocycles. The lowest BCUT2D eigenvalue weighted by molar-refractivity contribution is -0.137. The van der Waals surface area contributed by atoms with Crippen molar-refractivity contribution in [3.8, 4) is 0 Å². The predicted molar refractivity (Wildman–Crippen MR) is 103 cm³/mol. The molecule has 0 unspecified atom stereocenters. The van der Waals surface area contributed by atoms with E-state index in [1.165, 1.54) is 18.2 Å². The van der Waals surface area contributed by atoms with Crippen LogP contribution >= 0.6 is 0 Å². The van der Waals surface area contributed by atoms with Crippen molar-refractivity contribution in [1.29, 1.82) is 0 Å². The van der Waals surface area contributed by atoms with Crippen LogP contribution in [0.25, 0.3) is 0 Å². The third-order valence-electron chi connectivity index (χ3n) is 3.92. The van der Waals surface area contributed by atoms with Crippen LogP contribution in [-0.2, 0) is 6.18 Å². The Morgan fingerprint density at radius 1 is 0.750 bits per heavy atom. The van der Waals surface area contributed by atoms with Crippen LogP contribution in [0, 0.1) is 0 Å². The number of hydrogen-bond acceptors (Lipinski definition) is 3. The number of ketones is 1. The molecule has 0 saturated carbocycles. The predicted octanol–water partition coefficient (Wildman–Crippen LogP) is 5.41. The van der Waals surface area contributed by atoms with E-state index in [4.69, 9.17) is 0 Å². The molecule has 0 bridgehead atoms. The van der Waals surface area contributed by atoms with E-state index in [1.807, 2.05) is 0 Å². The average molecular weight is 380 g/mol. The highest BCUT2D eigenvalue weighted by Gasteiger charge is 2.32. The molecule has 0 heterocycles. The number of carbonyl (C=O) groups is 1. The fraction of sp³-hybridized carbons (Fsp3) is 0.0455. The first kappa shape index (κ1) is 19.2. The van der Waals surface area contributed by atoms with E-state index in [0.29, 0.717) is 11.1 Å². The van der Waals surface area contributed by atoms with Gasteiger partial charge in [0.05, 0.1) is 11.8 Å². The minimum atomic E-state index is -4.51. The largest absolute Gasteiger partial charge is 0.417 e. The number of hydrogen-bond donors (Lipinski definition) is 0. The number of nitrogens with zero attached hydrogens (tertiary/aromatic N) is 2. The Bertz CT molecular complexity index is 1010. The number of halogens is 3. The van der Waals surface area contributed by atoms with E-state index >= 15 is 0 Å². The fourth-order valence-corrected chi connectivity index (χ4v) is 2.57. The molecule has 0 saturated heterocycles. The Morgan fingerprint density at radius 3 is 1.89 bits per heavy atom. The van der Waals surface area contributed by atoms with Crippen LogP contribution in [0.4, 0.5) is 13.2 Å². The number of alkyl halides is 3. The normalized spacial score (nSPS) is 12.3. The Hall–Kier alpha value is -3.54. The van der Waals surface area contributed by atoms with Crippen molar-refractivity contribution >= 4 is 17.7 Å². The standard InChI is InChI=1S/C22H15F3N2O/c23-22(24,25)19-14-8-7-13-18(19)15-26-27-20(16-9-3-1-4-10-16)21(28)17-11-5-2-6-12-17/h1-15H/b26-15+,27-20+. The summed E-state index contributed by atoms with van der Waals surface area (Å²) in [4.78, 5) is 12.8. The SMILES string of the molecule is O=C(/C(=N/N=C/c1ccccc1C(F)(F)F)c1ccccc1)c1ccccc1. The van der Waals surface area contributed by atoms with Crippen LogP contribution in [0.1, 0.15) is 27.0 Å². The molecule has 0 aliphatic rings. The van der Waals surface area contributed by atoms with Crippen molar-refractivity contribution in [2.24, 2.45) is 10.2 Å². The third kappa shape index (κ3) is 4.59. The van der Waals surface area contributed by atoms with Gasteiger partial charge in [0.25, 0.3) is 0 Å². The van der Waals surface area contributed by atoms with Gasteiger partial charge in [-0.05, 0) is 6.07 Å². The fourth-order valence-electron chi connectivity index (χ4n) is 2.57. The Morgan fingerprint density at radius 2 is 1.29 bits per heavy atom. The van der Waals surface area contributed by atoms with Crippen molar-refractivity contribution in [2.75, 3.05) is 0 Å². The summed E-state index contributed by atoms with van der Waals surface area (Å²) in [5.41, 5.74) is 0.0454. The van der Waals surface area contributed by atoms with Crippen molar-refractivity contribution in [2.45, 2.75) is 6.18 Å². The van der Waals surface area contributed by atoms with Crippen molar-refractivity contribution < 1.29 is 18.0 Å². The lowest BCUT2D eigenvalue weighted by Crippen LogP contribution is -2.15. The van der Waals surface area contributed by atoms with Crippen molar-refractivity contribution in [1.82, 2.24) is 0 Å². The zero-order valence-corrected chi connectivity index (χ0v) is 14.6. The van der Waals surface area contributed by atoms with Gasteiger partial charge in [-0.1, -0.05) is 78.9 Å². The number of benzene rings is 3. The van der Waals surface area contributed by atoms with Crippen molar-refractivity contribution in [3.63, 3.8) is 0 Å². The molecule has 0 aliphatic heterocycles. The zero-order chi connectivity index (χ0) is 20.0.